The van der Waals surface area contributed by atoms with Crippen molar-refractivity contribution >= 4 is 5.97 Å². The highest BCUT2D eigenvalue weighted by atomic mass is 16.5. The van der Waals surface area contributed by atoms with E-state index in [1.807, 2.05) is 13.8 Å². The van der Waals surface area contributed by atoms with E-state index in [2.05, 4.69) is 26.1 Å². The largest absolute Gasteiger partial charge is 0.465 e. The van der Waals surface area contributed by atoms with Crippen molar-refractivity contribution < 1.29 is 14.3 Å². The van der Waals surface area contributed by atoms with Gasteiger partial charge in [0.25, 0.3) is 0 Å². The van der Waals surface area contributed by atoms with E-state index >= 15 is 0 Å². The molecule has 0 aromatic rings. The Balaban J connectivity index is 2.47. The summed E-state index contributed by atoms with van der Waals surface area (Å²) in [5.74, 6) is 0.474. The number of likely N-dealkylation sites (N-methyl/N-ethyl adjacent to an activating group) is 1. The monoisotopic (exact) mass is 285 g/mol. The van der Waals surface area contributed by atoms with Crippen LogP contribution < -0.4 is 5.32 Å². The number of carbonyl (C=O) groups excluding carboxylic acids is 1. The van der Waals surface area contributed by atoms with Crippen molar-refractivity contribution in [1.82, 2.24) is 5.32 Å². The fourth-order valence-corrected chi connectivity index (χ4v) is 3.32. The average molecular weight is 285 g/mol. The molecule has 1 aliphatic carbocycles. The van der Waals surface area contributed by atoms with Gasteiger partial charge in [0.2, 0.25) is 0 Å². The second-order valence-electron chi connectivity index (χ2n) is 6.73. The van der Waals surface area contributed by atoms with Crippen molar-refractivity contribution in [2.45, 2.75) is 66.0 Å². The van der Waals surface area contributed by atoms with Crippen LogP contribution in [0.15, 0.2) is 0 Å². The first-order chi connectivity index (χ1) is 9.38. The lowest BCUT2D eigenvalue weighted by molar-refractivity contribution is -0.148. The van der Waals surface area contributed by atoms with Gasteiger partial charge in [-0.25, -0.2) is 0 Å². The SMILES string of the molecule is CCNC(COC1CC(C)CC(C)(C)C1)C(=O)OCC. The van der Waals surface area contributed by atoms with Crippen molar-refractivity contribution in [3.05, 3.63) is 0 Å². The maximum absolute atomic E-state index is 11.8. The smallest absolute Gasteiger partial charge is 0.325 e. The molecule has 0 bridgehead atoms. The van der Waals surface area contributed by atoms with Crippen LogP contribution >= 0.6 is 0 Å². The maximum atomic E-state index is 11.8. The van der Waals surface area contributed by atoms with E-state index in [0.717, 1.165) is 19.4 Å². The first kappa shape index (κ1) is 17.4. The minimum atomic E-state index is -0.347. The number of ether oxygens (including phenoxy) is 2. The van der Waals surface area contributed by atoms with Crippen LogP contribution in [-0.2, 0) is 14.3 Å². The molecule has 4 heteroatoms. The van der Waals surface area contributed by atoms with Crippen LogP contribution in [0, 0.1) is 11.3 Å². The Morgan fingerprint density at radius 1 is 1.35 bits per heavy atom. The molecule has 0 spiro atoms. The van der Waals surface area contributed by atoms with E-state index < -0.39 is 0 Å². The zero-order chi connectivity index (χ0) is 15.2. The van der Waals surface area contributed by atoms with Crippen LogP contribution in [-0.4, -0.2) is 37.9 Å². The van der Waals surface area contributed by atoms with E-state index in [0.29, 0.717) is 24.5 Å². The Labute approximate surface area is 123 Å². The molecule has 3 unspecified atom stereocenters. The zero-order valence-electron chi connectivity index (χ0n) is 13.7. The molecule has 0 saturated heterocycles. The third-order valence-electron chi connectivity index (χ3n) is 3.87. The maximum Gasteiger partial charge on any atom is 0.325 e. The van der Waals surface area contributed by atoms with Crippen molar-refractivity contribution in [2.75, 3.05) is 19.8 Å². The Morgan fingerprint density at radius 2 is 2.05 bits per heavy atom. The molecular formula is C16H31NO3. The van der Waals surface area contributed by atoms with Crippen molar-refractivity contribution in [3.8, 4) is 0 Å². The molecule has 1 fully saturated rings. The number of hydrogen-bond acceptors (Lipinski definition) is 4. The molecule has 0 aromatic carbocycles. The van der Waals surface area contributed by atoms with Crippen molar-refractivity contribution in [1.29, 1.82) is 0 Å². The Morgan fingerprint density at radius 3 is 2.60 bits per heavy atom. The van der Waals surface area contributed by atoms with Crippen LogP contribution in [0.1, 0.15) is 53.9 Å². The first-order valence-corrected chi connectivity index (χ1v) is 7.89. The van der Waals surface area contributed by atoms with Gasteiger partial charge in [-0.1, -0.05) is 27.7 Å². The Kier molecular flexibility index (Phi) is 6.96. The summed E-state index contributed by atoms with van der Waals surface area (Å²) in [5, 5.41) is 3.14. The topological polar surface area (TPSA) is 47.6 Å². The van der Waals surface area contributed by atoms with Crippen LogP contribution in [0.25, 0.3) is 0 Å². The van der Waals surface area contributed by atoms with E-state index in [9.17, 15) is 4.79 Å². The van der Waals surface area contributed by atoms with Crippen LogP contribution in [0.4, 0.5) is 0 Å². The van der Waals surface area contributed by atoms with Gasteiger partial charge in [0, 0.05) is 0 Å². The summed E-state index contributed by atoms with van der Waals surface area (Å²) in [7, 11) is 0. The summed E-state index contributed by atoms with van der Waals surface area (Å²) in [6.45, 7) is 12.2. The minimum Gasteiger partial charge on any atom is -0.465 e. The van der Waals surface area contributed by atoms with E-state index in [1.165, 1.54) is 6.42 Å². The fourth-order valence-electron chi connectivity index (χ4n) is 3.32. The van der Waals surface area contributed by atoms with Crippen LogP contribution in [0.5, 0.6) is 0 Å². The van der Waals surface area contributed by atoms with Gasteiger partial charge in [-0.05, 0) is 44.1 Å². The van der Waals surface area contributed by atoms with E-state index in [4.69, 9.17) is 9.47 Å². The number of rotatable bonds is 7. The van der Waals surface area contributed by atoms with Gasteiger partial charge < -0.3 is 14.8 Å². The summed E-state index contributed by atoms with van der Waals surface area (Å²) in [4.78, 5) is 11.8. The predicted octanol–water partition coefficient (Wildman–Crippen LogP) is 2.76. The van der Waals surface area contributed by atoms with Gasteiger partial charge >= 0.3 is 5.97 Å². The Bertz CT molecular complexity index is 304. The highest BCUT2D eigenvalue weighted by Crippen LogP contribution is 2.39. The van der Waals surface area contributed by atoms with Gasteiger partial charge in [0.05, 0.1) is 19.3 Å². The molecule has 1 rings (SSSR count). The third-order valence-corrected chi connectivity index (χ3v) is 3.87. The molecular weight excluding hydrogens is 254 g/mol. The molecule has 118 valence electrons. The van der Waals surface area contributed by atoms with Gasteiger partial charge in [-0.15, -0.1) is 0 Å². The molecule has 0 radical (unpaired) electrons. The summed E-state index contributed by atoms with van der Waals surface area (Å²) in [5.41, 5.74) is 0.333. The predicted molar refractivity (Wildman–Crippen MR) is 80.6 cm³/mol. The molecule has 1 saturated carbocycles. The van der Waals surface area contributed by atoms with E-state index in [1.54, 1.807) is 0 Å². The lowest BCUT2D eigenvalue weighted by Gasteiger charge is -2.39. The molecule has 3 atom stereocenters. The number of carbonyl (C=O) groups is 1. The van der Waals surface area contributed by atoms with Crippen LogP contribution in [0.3, 0.4) is 0 Å². The summed E-state index contributed by atoms with van der Waals surface area (Å²) >= 11 is 0. The highest BCUT2D eigenvalue weighted by Gasteiger charge is 2.33. The van der Waals surface area contributed by atoms with Crippen LogP contribution in [0.2, 0.25) is 0 Å². The average Bonchev–Trinajstić information content (AvgIpc) is 2.32. The molecule has 0 amide bonds. The van der Waals surface area contributed by atoms with Gasteiger partial charge in [0.15, 0.2) is 0 Å². The molecule has 0 heterocycles. The number of nitrogens with one attached hydrogen (secondary N) is 1. The van der Waals surface area contributed by atoms with E-state index in [-0.39, 0.29) is 18.1 Å². The number of esters is 1. The highest BCUT2D eigenvalue weighted by molar-refractivity contribution is 5.75. The van der Waals surface area contributed by atoms with Gasteiger partial charge in [0.1, 0.15) is 6.04 Å². The quantitative estimate of drug-likeness (QED) is 0.731. The molecule has 20 heavy (non-hydrogen) atoms. The zero-order valence-corrected chi connectivity index (χ0v) is 13.7. The third kappa shape index (κ3) is 5.80. The second kappa shape index (κ2) is 7.99. The molecule has 1 aliphatic rings. The molecule has 4 nitrogen and oxygen atoms in total. The summed E-state index contributed by atoms with van der Waals surface area (Å²) in [6, 6.07) is -0.347. The van der Waals surface area contributed by atoms with Crippen molar-refractivity contribution in [2.24, 2.45) is 11.3 Å². The fraction of sp³-hybridized carbons (Fsp3) is 0.938. The second-order valence-corrected chi connectivity index (χ2v) is 6.73. The number of hydrogen-bond donors (Lipinski definition) is 1. The lowest BCUT2D eigenvalue weighted by Crippen LogP contribution is -2.43. The first-order valence-electron chi connectivity index (χ1n) is 7.89. The molecule has 0 aliphatic heterocycles. The Hall–Kier alpha value is -0.610. The summed E-state index contributed by atoms with van der Waals surface area (Å²) in [6.07, 6.45) is 3.66. The standard InChI is InChI=1S/C16H31NO3/c1-6-17-14(15(18)19-7-2)11-20-13-8-12(3)9-16(4,5)10-13/h12-14,17H,6-11H2,1-5H3. The van der Waals surface area contributed by atoms with Gasteiger partial charge in [-0.3, -0.25) is 4.79 Å². The normalized spacial score (nSPS) is 27.1. The molecule has 0 aromatic heterocycles. The summed E-state index contributed by atoms with van der Waals surface area (Å²) < 4.78 is 11.1. The minimum absolute atomic E-state index is 0.211. The van der Waals surface area contributed by atoms with Crippen molar-refractivity contribution in [3.63, 3.8) is 0 Å². The molecule has 1 N–H and O–H groups in total. The lowest BCUT2D eigenvalue weighted by atomic mass is 9.71. The van der Waals surface area contributed by atoms with Gasteiger partial charge in [-0.2, -0.15) is 0 Å².